The summed E-state index contributed by atoms with van der Waals surface area (Å²) in [5.74, 6) is 0.369. The maximum absolute atomic E-state index is 11.7. The van der Waals surface area contributed by atoms with Crippen LogP contribution in [-0.4, -0.2) is 9.78 Å². The van der Waals surface area contributed by atoms with Gasteiger partial charge < -0.3 is 0 Å². The minimum Gasteiger partial charge on any atom is -0.299 e. The lowest BCUT2D eigenvalue weighted by Crippen LogP contribution is -2.16. The summed E-state index contributed by atoms with van der Waals surface area (Å²) in [6, 6.07) is 12.1. The Balaban J connectivity index is 1.93. The van der Waals surface area contributed by atoms with Crippen LogP contribution in [0.25, 0.3) is 0 Å². The molecular weight excluding hydrogens is 224 g/mol. The number of nitrogens with zero attached hydrogens (tertiary/aromatic N) is 1. The molecular formula is C15H20N2O. The highest BCUT2D eigenvalue weighted by atomic mass is 16.1. The molecule has 1 N–H and O–H groups in total. The summed E-state index contributed by atoms with van der Waals surface area (Å²) in [6.45, 7) is 4.92. The molecule has 2 aromatic rings. The summed E-state index contributed by atoms with van der Waals surface area (Å²) in [6.07, 6.45) is 1.98. The summed E-state index contributed by atoms with van der Waals surface area (Å²) < 4.78 is 1.71. The second kappa shape index (κ2) is 5.71. The fraction of sp³-hybridized carbons (Fsp3) is 0.400. The van der Waals surface area contributed by atoms with E-state index in [-0.39, 0.29) is 5.56 Å². The highest BCUT2D eigenvalue weighted by Gasteiger charge is 2.05. The number of hydrogen-bond donors (Lipinski definition) is 1. The van der Waals surface area contributed by atoms with Gasteiger partial charge >= 0.3 is 0 Å². The third-order valence-corrected chi connectivity index (χ3v) is 3.12. The van der Waals surface area contributed by atoms with Crippen molar-refractivity contribution in [1.82, 2.24) is 9.78 Å². The molecule has 0 aliphatic rings. The van der Waals surface area contributed by atoms with E-state index in [1.54, 1.807) is 10.7 Å². The van der Waals surface area contributed by atoms with E-state index in [0.29, 0.717) is 5.92 Å². The van der Waals surface area contributed by atoms with Crippen LogP contribution < -0.4 is 5.56 Å². The van der Waals surface area contributed by atoms with Gasteiger partial charge in [-0.1, -0.05) is 44.2 Å². The maximum atomic E-state index is 11.7. The van der Waals surface area contributed by atoms with E-state index >= 15 is 0 Å². The Morgan fingerprint density at radius 3 is 2.56 bits per heavy atom. The summed E-state index contributed by atoms with van der Waals surface area (Å²) in [5, 5.41) is 3.17. The van der Waals surface area contributed by atoms with Gasteiger partial charge in [0.2, 0.25) is 0 Å². The van der Waals surface area contributed by atoms with Crippen LogP contribution in [0.3, 0.4) is 0 Å². The van der Waals surface area contributed by atoms with Crippen LogP contribution in [0.2, 0.25) is 0 Å². The van der Waals surface area contributed by atoms with Gasteiger partial charge in [0.05, 0.1) is 0 Å². The molecule has 1 heterocycles. The molecule has 1 aromatic carbocycles. The van der Waals surface area contributed by atoms with Crippen LogP contribution in [0, 0.1) is 0 Å². The van der Waals surface area contributed by atoms with Gasteiger partial charge in [-0.25, -0.2) is 0 Å². The normalized spacial score (nSPS) is 11.1. The lowest BCUT2D eigenvalue weighted by atomic mass is 10.1. The van der Waals surface area contributed by atoms with Gasteiger partial charge in [0, 0.05) is 18.3 Å². The molecule has 18 heavy (non-hydrogen) atoms. The molecule has 0 unspecified atom stereocenters. The quantitative estimate of drug-likeness (QED) is 0.862. The van der Waals surface area contributed by atoms with Crippen molar-refractivity contribution in [3.05, 3.63) is 58.0 Å². The fourth-order valence-corrected chi connectivity index (χ4v) is 2.00. The first-order valence-electron chi connectivity index (χ1n) is 6.50. The van der Waals surface area contributed by atoms with Gasteiger partial charge in [0.15, 0.2) is 0 Å². The van der Waals surface area contributed by atoms with Crippen molar-refractivity contribution in [2.24, 2.45) is 0 Å². The second-order valence-corrected chi connectivity index (χ2v) is 4.95. The number of aromatic nitrogens is 2. The molecule has 96 valence electrons. The number of benzene rings is 1. The third-order valence-electron chi connectivity index (χ3n) is 3.12. The van der Waals surface area contributed by atoms with E-state index in [9.17, 15) is 4.79 Å². The van der Waals surface area contributed by atoms with E-state index in [2.05, 4.69) is 31.1 Å². The molecule has 0 saturated carbocycles. The first-order chi connectivity index (χ1) is 8.66. The Bertz CT molecular complexity index is 537. The molecule has 0 aliphatic heterocycles. The largest absolute Gasteiger partial charge is 0.299 e. The topological polar surface area (TPSA) is 37.8 Å². The highest BCUT2D eigenvalue weighted by Crippen LogP contribution is 2.08. The van der Waals surface area contributed by atoms with Crippen LogP contribution >= 0.6 is 0 Å². The SMILES string of the molecule is CC(C)c1cc(=O)n(CCCc2ccccc2)[nH]1. The van der Waals surface area contributed by atoms with Crippen LogP contribution in [0.15, 0.2) is 41.2 Å². The van der Waals surface area contributed by atoms with Crippen molar-refractivity contribution in [2.45, 2.75) is 39.2 Å². The molecule has 0 saturated heterocycles. The smallest absolute Gasteiger partial charge is 0.266 e. The van der Waals surface area contributed by atoms with Crippen molar-refractivity contribution >= 4 is 0 Å². The third kappa shape index (κ3) is 3.13. The van der Waals surface area contributed by atoms with Crippen molar-refractivity contribution in [1.29, 1.82) is 0 Å². The molecule has 0 amide bonds. The van der Waals surface area contributed by atoms with E-state index in [4.69, 9.17) is 0 Å². The van der Waals surface area contributed by atoms with Crippen LogP contribution in [0.4, 0.5) is 0 Å². The van der Waals surface area contributed by atoms with Crippen molar-refractivity contribution in [3.63, 3.8) is 0 Å². The monoisotopic (exact) mass is 244 g/mol. The van der Waals surface area contributed by atoms with E-state index in [1.165, 1.54) is 5.56 Å². The summed E-state index contributed by atoms with van der Waals surface area (Å²) >= 11 is 0. The zero-order valence-electron chi connectivity index (χ0n) is 11.0. The molecule has 0 fully saturated rings. The Labute approximate surface area is 107 Å². The van der Waals surface area contributed by atoms with E-state index in [1.807, 2.05) is 18.2 Å². The average molecular weight is 244 g/mol. The molecule has 0 bridgehead atoms. The van der Waals surface area contributed by atoms with Crippen molar-refractivity contribution in [2.75, 3.05) is 0 Å². The van der Waals surface area contributed by atoms with Gasteiger partial charge in [-0.3, -0.25) is 14.6 Å². The van der Waals surface area contributed by atoms with Crippen LogP contribution in [-0.2, 0) is 13.0 Å². The standard InChI is InChI=1S/C15H20N2O/c1-12(2)14-11-15(18)17(16-14)10-6-9-13-7-4-3-5-8-13/h3-5,7-8,11-12,16H,6,9-10H2,1-2H3. The predicted octanol–water partition coefficient (Wildman–Crippen LogP) is 2.93. The van der Waals surface area contributed by atoms with Crippen molar-refractivity contribution < 1.29 is 0 Å². The Morgan fingerprint density at radius 1 is 1.22 bits per heavy atom. The first kappa shape index (κ1) is 12.7. The predicted molar refractivity (Wildman–Crippen MR) is 73.9 cm³/mol. The Hall–Kier alpha value is -1.77. The van der Waals surface area contributed by atoms with Crippen molar-refractivity contribution in [3.8, 4) is 0 Å². The number of aryl methyl sites for hydroxylation is 2. The highest BCUT2D eigenvalue weighted by molar-refractivity contribution is 5.14. The summed E-state index contributed by atoms with van der Waals surface area (Å²) in [7, 11) is 0. The summed E-state index contributed by atoms with van der Waals surface area (Å²) in [5.41, 5.74) is 2.41. The molecule has 2 rings (SSSR count). The van der Waals surface area contributed by atoms with Gasteiger partial charge in [-0.2, -0.15) is 0 Å². The number of aromatic amines is 1. The van der Waals surface area contributed by atoms with E-state index in [0.717, 1.165) is 25.1 Å². The fourth-order valence-electron chi connectivity index (χ4n) is 2.00. The van der Waals surface area contributed by atoms with Gasteiger partial charge in [-0.15, -0.1) is 0 Å². The molecule has 0 radical (unpaired) electrons. The zero-order chi connectivity index (χ0) is 13.0. The molecule has 0 aliphatic carbocycles. The maximum Gasteiger partial charge on any atom is 0.266 e. The molecule has 0 spiro atoms. The lowest BCUT2D eigenvalue weighted by Gasteiger charge is -2.04. The van der Waals surface area contributed by atoms with E-state index < -0.39 is 0 Å². The van der Waals surface area contributed by atoms with Crippen LogP contribution in [0.5, 0.6) is 0 Å². The molecule has 1 aromatic heterocycles. The number of rotatable bonds is 5. The average Bonchev–Trinajstić information content (AvgIpc) is 2.73. The van der Waals surface area contributed by atoms with Crippen LogP contribution in [0.1, 0.15) is 37.4 Å². The number of hydrogen-bond acceptors (Lipinski definition) is 1. The van der Waals surface area contributed by atoms with Gasteiger partial charge in [-0.05, 0) is 24.3 Å². The lowest BCUT2D eigenvalue weighted by molar-refractivity contribution is 0.553. The van der Waals surface area contributed by atoms with Gasteiger partial charge in [0.25, 0.3) is 5.56 Å². The first-order valence-corrected chi connectivity index (χ1v) is 6.50. The molecule has 0 atom stereocenters. The number of H-pyrrole nitrogens is 1. The molecule has 3 nitrogen and oxygen atoms in total. The molecule has 3 heteroatoms. The second-order valence-electron chi connectivity index (χ2n) is 4.95. The summed E-state index contributed by atoms with van der Waals surface area (Å²) in [4.78, 5) is 11.7. The minimum absolute atomic E-state index is 0.0757. The zero-order valence-corrected chi connectivity index (χ0v) is 11.0. The minimum atomic E-state index is 0.0757. The Morgan fingerprint density at radius 2 is 1.94 bits per heavy atom. The van der Waals surface area contributed by atoms with Gasteiger partial charge in [0.1, 0.15) is 0 Å². The number of nitrogens with one attached hydrogen (secondary N) is 1. The Kier molecular flexibility index (Phi) is 4.03.